The molecule has 0 unspecified atom stereocenters. The summed E-state index contributed by atoms with van der Waals surface area (Å²) >= 11 is 0. The first-order chi connectivity index (χ1) is 29.9. The Morgan fingerprint density at radius 2 is 1.33 bits per heavy atom. The van der Waals surface area contributed by atoms with Gasteiger partial charge in [-0.3, -0.25) is 29.3 Å². The molecular formula is C46H51N5O12. The molecule has 4 aromatic carbocycles. The van der Waals surface area contributed by atoms with Crippen molar-refractivity contribution >= 4 is 47.3 Å². The van der Waals surface area contributed by atoms with E-state index >= 15 is 0 Å². The van der Waals surface area contributed by atoms with Crippen LogP contribution in [0.4, 0.5) is 21.0 Å². The number of carbonyl (C=O) groups is 6. The molecule has 0 heterocycles. The van der Waals surface area contributed by atoms with Gasteiger partial charge in [0, 0.05) is 30.2 Å². The summed E-state index contributed by atoms with van der Waals surface area (Å²) in [7, 11) is 0. The number of hydrogen-bond acceptors (Lipinski definition) is 12. The number of esters is 1. The highest BCUT2D eigenvalue weighted by Crippen LogP contribution is 2.44. The molecule has 0 fully saturated rings. The van der Waals surface area contributed by atoms with Crippen LogP contribution in [-0.4, -0.2) is 71.2 Å². The first-order valence-corrected chi connectivity index (χ1v) is 20.3. The summed E-state index contributed by atoms with van der Waals surface area (Å²) in [5, 5.41) is 21.4. The van der Waals surface area contributed by atoms with Gasteiger partial charge in [-0.2, -0.15) is 0 Å². The number of nitrogens with one attached hydrogen (secondary N) is 4. The summed E-state index contributed by atoms with van der Waals surface area (Å²) in [6.07, 6.45) is -2.29. The number of anilines is 1. The number of ether oxygens (including phenoxy) is 4. The molecule has 0 saturated carbocycles. The molecule has 332 valence electrons. The molecule has 3 atom stereocenters. The number of nitrogens with zero attached hydrogens (tertiary/aromatic N) is 1. The summed E-state index contributed by atoms with van der Waals surface area (Å²) in [5.41, 5.74) is 4.09. The zero-order chi connectivity index (χ0) is 45.8. The van der Waals surface area contributed by atoms with Crippen LogP contribution in [0.15, 0.2) is 97.1 Å². The number of benzene rings is 4. The van der Waals surface area contributed by atoms with Crippen LogP contribution in [0.2, 0.25) is 0 Å². The van der Waals surface area contributed by atoms with Crippen LogP contribution in [0.1, 0.15) is 77.0 Å². The minimum Gasteiger partial charge on any atom is -0.460 e. The predicted molar refractivity (Wildman–Crippen MR) is 230 cm³/mol. The van der Waals surface area contributed by atoms with E-state index in [9.17, 15) is 38.9 Å². The molecule has 0 aromatic heterocycles. The topological polar surface area (TPSA) is 231 Å². The van der Waals surface area contributed by atoms with Crippen molar-refractivity contribution in [2.45, 2.75) is 90.6 Å². The standard InChI is InChI=1S/C46H51N5O12/c1-27(2)40(43(55)47-28(3)41(53)48-30-17-15-29(16-18-30)25-61-45(57)62-32-21-19-31(20-22-32)51(58)59)50-42(54)38(23-24-39(52)63-46(4,5)6)49-44(56)60-26-37-35-13-9-7-11-33(35)34-12-8-10-14-36(34)37/h7-22,27-28,37-38,40H,23-26H2,1-6H3,(H,47,55)(H,48,53)(H,49,56)(H,50,54)/t28-,38-,40-/m0/s1. The lowest BCUT2D eigenvalue weighted by atomic mass is 9.98. The summed E-state index contributed by atoms with van der Waals surface area (Å²) in [5.74, 6) is -3.21. The number of nitro groups is 1. The summed E-state index contributed by atoms with van der Waals surface area (Å²) in [6, 6.07) is 23.4. The molecule has 0 saturated heterocycles. The van der Waals surface area contributed by atoms with Gasteiger partial charge in [-0.05, 0) is 92.1 Å². The molecule has 1 aliphatic rings. The van der Waals surface area contributed by atoms with Crippen LogP contribution < -0.4 is 26.0 Å². The molecule has 17 heteroatoms. The molecule has 0 bridgehead atoms. The SMILES string of the molecule is CC(C)[C@H](NC(=O)[C@H](CCC(=O)OC(C)(C)C)NC(=O)OCC1c2ccccc2-c2ccccc21)C(=O)N[C@@H](C)C(=O)Nc1ccc(COC(=O)Oc2ccc([N+](=O)[O-])cc2)cc1. The highest BCUT2D eigenvalue weighted by molar-refractivity contribution is 5.98. The molecular weight excluding hydrogens is 815 g/mol. The van der Waals surface area contributed by atoms with Gasteiger partial charge >= 0.3 is 18.2 Å². The molecule has 0 radical (unpaired) electrons. The summed E-state index contributed by atoms with van der Waals surface area (Å²) < 4.78 is 21.2. The fraction of sp³-hybridized carbons (Fsp3) is 0.348. The maximum atomic E-state index is 13.8. The zero-order valence-corrected chi connectivity index (χ0v) is 35.8. The first-order valence-electron chi connectivity index (χ1n) is 20.3. The van der Waals surface area contributed by atoms with Crippen LogP contribution in [-0.2, 0) is 40.0 Å². The second kappa shape index (κ2) is 21.0. The van der Waals surface area contributed by atoms with Gasteiger partial charge in [-0.1, -0.05) is 74.5 Å². The lowest BCUT2D eigenvalue weighted by Crippen LogP contribution is -2.57. The van der Waals surface area contributed by atoms with E-state index in [1.165, 1.54) is 31.2 Å². The molecule has 17 nitrogen and oxygen atoms in total. The molecule has 0 aliphatic heterocycles. The minimum absolute atomic E-state index is 0.0139. The maximum Gasteiger partial charge on any atom is 0.514 e. The van der Waals surface area contributed by atoms with Crippen molar-refractivity contribution in [2.75, 3.05) is 11.9 Å². The molecule has 4 N–H and O–H groups in total. The average Bonchev–Trinajstić information content (AvgIpc) is 3.55. The van der Waals surface area contributed by atoms with Crippen molar-refractivity contribution in [2.24, 2.45) is 5.92 Å². The lowest BCUT2D eigenvalue weighted by Gasteiger charge is -2.27. The first kappa shape index (κ1) is 46.8. The minimum atomic E-state index is -1.29. The van der Waals surface area contributed by atoms with Crippen LogP contribution >= 0.6 is 0 Å². The Morgan fingerprint density at radius 1 is 0.730 bits per heavy atom. The van der Waals surface area contributed by atoms with Gasteiger partial charge in [-0.25, -0.2) is 9.59 Å². The zero-order valence-electron chi connectivity index (χ0n) is 35.8. The predicted octanol–water partition coefficient (Wildman–Crippen LogP) is 6.92. The van der Waals surface area contributed by atoms with E-state index in [1.54, 1.807) is 58.9 Å². The largest absolute Gasteiger partial charge is 0.514 e. The van der Waals surface area contributed by atoms with E-state index in [4.69, 9.17) is 18.9 Å². The average molecular weight is 866 g/mol. The number of amides is 4. The Kier molecular flexibility index (Phi) is 15.6. The fourth-order valence-electron chi connectivity index (χ4n) is 6.70. The van der Waals surface area contributed by atoms with Crippen LogP contribution in [0, 0.1) is 16.0 Å². The Bertz CT molecular complexity index is 2260. The Labute approximate surface area is 364 Å². The van der Waals surface area contributed by atoms with Crippen LogP contribution in [0.3, 0.4) is 0 Å². The van der Waals surface area contributed by atoms with Gasteiger partial charge in [-0.15, -0.1) is 0 Å². The van der Waals surface area contributed by atoms with Gasteiger partial charge in [0.1, 0.15) is 42.7 Å². The van der Waals surface area contributed by atoms with Crippen molar-refractivity contribution in [3.05, 3.63) is 124 Å². The quantitative estimate of drug-likeness (QED) is 0.0279. The van der Waals surface area contributed by atoms with E-state index in [2.05, 4.69) is 21.3 Å². The third kappa shape index (κ3) is 13.3. The molecule has 4 aromatic rings. The number of carbonyl (C=O) groups excluding carboxylic acids is 6. The van der Waals surface area contributed by atoms with Crippen LogP contribution in [0.5, 0.6) is 5.75 Å². The summed E-state index contributed by atoms with van der Waals surface area (Å²) in [4.78, 5) is 88.8. The Balaban J connectivity index is 1.15. The normalized spacial score (nSPS) is 13.3. The van der Waals surface area contributed by atoms with E-state index in [1.807, 2.05) is 48.5 Å². The van der Waals surface area contributed by atoms with E-state index in [0.29, 0.717) is 11.3 Å². The lowest BCUT2D eigenvalue weighted by molar-refractivity contribution is -0.384. The summed E-state index contributed by atoms with van der Waals surface area (Å²) in [6.45, 7) is 9.81. The van der Waals surface area contributed by atoms with Crippen molar-refractivity contribution in [1.82, 2.24) is 16.0 Å². The van der Waals surface area contributed by atoms with Gasteiger partial charge in [0.2, 0.25) is 17.7 Å². The Hall–Kier alpha value is -7.30. The van der Waals surface area contributed by atoms with Crippen molar-refractivity contribution in [3.8, 4) is 16.9 Å². The highest BCUT2D eigenvalue weighted by Gasteiger charge is 2.33. The van der Waals surface area contributed by atoms with Crippen molar-refractivity contribution in [1.29, 1.82) is 0 Å². The maximum absolute atomic E-state index is 13.8. The van der Waals surface area contributed by atoms with E-state index < -0.39 is 70.5 Å². The van der Waals surface area contributed by atoms with Gasteiger partial charge < -0.3 is 40.2 Å². The van der Waals surface area contributed by atoms with Crippen molar-refractivity contribution < 1.29 is 52.6 Å². The number of non-ortho nitro benzene ring substituents is 1. The smallest absolute Gasteiger partial charge is 0.460 e. The van der Waals surface area contributed by atoms with E-state index in [0.717, 1.165) is 22.3 Å². The second-order valence-corrected chi connectivity index (χ2v) is 16.2. The number of fused-ring (bicyclic) bond motifs is 3. The fourth-order valence-corrected chi connectivity index (χ4v) is 6.70. The number of nitro benzene ring substituents is 1. The van der Waals surface area contributed by atoms with Gasteiger partial charge in [0.15, 0.2) is 0 Å². The Morgan fingerprint density at radius 3 is 1.90 bits per heavy atom. The monoisotopic (exact) mass is 865 g/mol. The van der Waals surface area contributed by atoms with Gasteiger partial charge in [0.05, 0.1) is 4.92 Å². The highest BCUT2D eigenvalue weighted by atomic mass is 16.7. The number of rotatable bonds is 17. The number of hydrogen-bond donors (Lipinski definition) is 4. The van der Waals surface area contributed by atoms with Gasteiger partial charge in [0.25, 0.3) is 5.69 Å². The number of alkyl carbamates (subject to hydrolysis) is 1. The van der Waals surface area contributed by atoms with Crippen molar-refractivity contribution in [3.63, 3.8) is 0 Å². The molecule has 1 aliphatic carbocycles. The third-order valence-corrected chi connectivity index (χ3v) is 9.84. The second-order valence-electron chi connectivity index (χ2n) is 16.2. The molecule has 63 heavy (non-hydrogen) atoms. The van der Waals surface area contributed by atoms with Crippen LogP contribution in [0.25, 0.3) is 11.1 Å². The molecule has 0 spiro atoms. The molecule has 4 amide bonds. The van der Waals surface area contributed by atoms with E-state index in [-0.39, 0.29) is 43.4 Å². The molecule has 5 rings (SSSR count). The third-order valence-electron chi connectivity index (χ3n) is 9.84.